The molecular weight excluding hydrogens is 390 g/mol. The Hall–Kier alpha value is -3.32. The molecule has 0 aliphatic carbocycles. The third-order valence-electron chi connectivity index (χ3n) is 4.74. The van der Waals surface area contributed by atoms with Gasteiger partial charge in [0, 0.05) is 38.2 Å². The van der Waals surface area contributed by atoms with Crippen LogP contribution in [0.15, 0.2) is 66.2 Å². The van der Waals surface area contributed by atoms with Crippen molar-refractivity contribution in [3.63, 3.8) is 0 Å². The van der Waals surface area contributed by atoms with Gasteiger partial charge in [-0.2, -0.15) is 0 Å². The van der Waals surface area contributed by atoms with E-state index >= 15 is 0 Å². The van der Waals surface area contributed by atoms with Crippen molar-refractivity contribution in [2.45, 2.75) is 26.9 Å². The van der Waals surface area contributed by atoms with Crippen LogP contribution in [0, 0.1) is 6.92 Å². The molecule has 0 atom stereocenters. The second kappa shape index (κ2) is 11.8. The van der Waals surface area contributed by atoms with Gasteiger partial charge in [0.15, 0.2) is 5.96 Å². The van der Waals surface area contributed by atoms with Crippen LogP contribution in [0.25, 0.3) is 5.69 Å². The summed E-state index contributed by atoms with van der Waals surface area (Å²) in [6.07, 6.45) is 5.53. The fourth-order valence-electron chi connectivity index (χ4n) is 3.16. The average Bonchev–Trinajstić information content (AvgIpc) is 3.32. The SMILES string of the molecule is CCNC(=NCc1ccc(C)cc1OCCOC)NCc1ccccc1-n1ccnc1. The topological polar surface area (TPSA) is 72.7 Å². The predicted octanol–water partition coefficient (Wildman–Crippen LogP) is 3.46. The Morgan fingerprint density at radius 1 is 1.10 bits per heavy atom. The molecule has 7 heteroatoms. The molecule has 0 fully saturated rings. The minimum absolute atomic E-state index is 0.514. The van der Waals surface area contributed by atoms with Crippen LogP contribution in [0.4, 0.5) is 0 Å². The Kier molecular flexibility index (Phi) is 8.48. The first-order chi connectivity index (χ1) is 15.2. The molecule has 0 saturated carbocycles. The summed E-state index contributed by atoms with van der Waals surface area (Å²) in [5, 5.41) is 6.76. The highest BCUT2D eigenvalue weighted by atomic mass is 16.5. The summed E-state index contributed by atoms with van der Waals surface area (Å²) in [6.45, 7) is 7.12. The molecule has 31 heavy (non-hydrogen) atoms. The van der Waals surface area contributed by atoms with Gasteiger partial charge >= 0.3 is 0 Å². The zero-order valence-electron chi connectivity index (χ0n) is 18.5. The van der Waals surface area contributed by atoms with Gasteiger partial charge in [0.05, 0.1) is 25.2 Å². The molecule has 2 aromatic carbocycles. The fourth-order valence-corrected chi connectivity index (χ4v) is 3.16. The highest BCUT2D eigenvalue weighted by Gasteiger charge is 2.07. The number of hydrogen-bond donors (Lipinski definition) is 2. The summed E-state index contributed by atoms with van der Waals surface area (Å²) in [4.78, 5) is 8.93. The van der Waals surface area contributed by atoms with Gasteiger partial charge in [-0.25, -0.2) is 9.98 Å². The van der Waals surface area contributed by atoms with E-state index in [4.69, 9.17) is 14.5 Å². The molecule has 1 heterocycles. The number of nitrogens with one attached hydrogen (secondary N) is 2. The maximum atomic E-state index is 5.89. The third-order valence-corrected chi connectivity index (χ3v) is 4.74. The minimum Gasteiger partial charge on any atom is -0.491 e. The van der Waals surface area contributed by atoms with Crippen LogP contribution in [0.5, 0.6) is 5.75 Å². The first-order valence-electron chi connectivity index (χ1n) is 10.5. The van der Waals surface area contributed by atoms with E-state index in [0.29, 0.717) is 26.3 Å². The summed E-state index contributed by atoms with van der Waals surface area (Å²) in [7, 11) is 1.67. The molecule has 0 saturated heterocycles. The first kappa shape index (κ1) is 22.4. The highest BCUT2D eigenvalue weighted by molar-refractivity contribution is 5.79. The van der Waals surface area contributed by atoms with Crippen molar-refractivity contribution < 1.29 is 9.47 Å². The lowest BCUT2D eigenvalue weighted by molar-refractivity contribution is 0.145. The molecule has 7 nitrogen and oxygen atoms in total. The van der Waals surface area contributed by atoms with Crippen LogP contribution >= 0.6 is 0 Å². The van der Waals surface area contributed by atoms with E-state index in [-0.39, 0.29) is 0 Å². The van der Waals surface area contributed by atoms with Crippen molar-refractivity contribution in [1.29, 1.82) is 0 Å². The molecule has 0 aliphatic rings. The lowest BCUT2D eigenvalue weighted by Crippen LogP contribution is -2.37. The van der Waals surface area contributed by atoms with Gasteiger partial charge < -0.3 is 24.7 Å². The minimum atomic E-state index is 0.514. The summed E-state index contributed by atoms with van der Waals surface area (Å²) in [5.74, 6) is 1.61. The standard InChI is InChI=1S/C24H31N5O2/c1-4-26-24(27-16-20-7-5-6-8-22(20)29-12-11-25-18-29)28-17-21-10-9-19(2)15-23(21)31-14-13-30-3/h5-12,15,18H,4,13-14,16-17H2,1-3H3,(H2,26,27,28). The van der Waals surface area contributed by atoms with E-state index in [0.717, 1.165) is 40.6 Å². The predicted molar refractivity (Wildman–Crippen MR) is 124 cm³/mol. The Morgan fingerprint density at radius 3 is 2.74 bits per heavy atom. The van der Waals surface area contributed by atoms with Gasteiger partial charge in [0.2, 0.25) is 0 Å². The second-order valence-corrected chi connectivity index (χ2v) is 7.10. The third kappa shape index (κ3) is 6.58. The van der Waals surface area contributed by atoms with Gasteiger partial charge in [-0.3, -0.25) is 0 Å². The van der Waals surface area contributed by atoms with Gasteiger partial charge in [0.1, 0.15) is 12.4 Å². The lowest BCUT2D eigenvalue weighted by atomic mass is 10.1. The number of imidazole rings is 1. The Morgan fingerprint density at radius 2 is 1.97 bits per heavy atom. The van der Waals surface area contributed by atoms with E-state index in [2.05, 4.69) is 53.7 Å². The maximum absolute atomic E-state index is 5.89. The Balaban J connectivity index is 1.71. The van der Waals surface area contributed by atoms with E-state index in [1.165, 1.54) is 0 Å². The van der Waals surface area contributed by atoms with Crippen LogP contribution in [0.1, 0.15) is 23.6 Å². The van der Waals surface area contributed by atoms with Crippen LogP contribution in [0.2, 0.25) is 0 Å². The molecule has 2 N–H and O–H groups in total. The molecule has 0 amide bonds. The van der Waals surface area contributed by atoms with Crippen LogP contribution in [-0.2, 0) is 17.8 Å². The summed E-state index contributed by atoms with van der Waals surface area (Å²) >= 11 is 0. The van der Waals surface area contributed by atoms with Crippen molar-refractivity contribution in [3.8, 4) is 11.4 Å². The smallest absolute Gasteiger partial charge is 0.191 e. The number of aromatic nitrogens is 2. The van der Waals surface area contributed by atoms with Crippen molar-refractivity contribution in [3.05, 3.63) is 77.9 Å². The van der Waals surface area contributed by atoms with Crippen LogP contribution < -0.4 is 15.4 Å². The number of guanidine groups is 1. The fraction of sp³-hybridized carbons (Fsp3) is 0.333. The lowest BCUT2D eigenvalue weighted by Gasteiger charge is -2.15. The van der Waals surface area contributed by atoms with Crippen molar-refractivity contribution in [2.75, 3.05) is 26.9 Å². The molecular formula is C24H31N5O2. The molecule has 0 bridgehead atoms. The molecule has 3 rings (SSSR count). The number of hydrogen-bond acceptors (Lipinski definition) is 4. The molecule has 164 valence electrons. The number of ether oxygens (including phenoxy) is 2. The van der Waals surface area contributed by atoms with Gasteiger partial charge in [0.25, 0.3) is 0 Å². The zero-order chi connectivity index (χ0) is 21.9. The van der Waals surface area contributed by atoms with E-state index in [1.54, 1.807) is 19.6 Å². The van der Waals surface area contributed by atoms with E-state index in [1.807, 2.05) is 29.0 Å². The summed E-state index contributed by atoms with van der Waals surface area (Å²) in [5.41, 5.74) is 4.44. The monoisotopic (exact) mass is 421 g/mol. The molecule has 0 spiro atoms. The number of aliphatic imine (C=N–C) groups is 1. The number of nitrogens with zero attached hydrogens (tertiary/aromatic N) is 3. The van der Waals surface area contributed by atoms with Crippen molar-refractivity contribution >= 4 is 5.96 Å². The molecule has 0 aliphatic heterocycles. The van der Waals surface area contributed by atoms with E-state index in [9.17, 15) is 0 Å². The summed E-state index contributed by atoms with van der Waals surface area (Å²) in [6, 6.07) is 14.4. The molecule has 1 aromatic heterocycles. The normalized spacial score (nSPS) is 11.4. The molecule has 0 radical (unpaired) electrons. The van der Waals surface area contributed by atoms with E-state index < -0.39 is 0 Å². The highest BCUT2D eigenvalue weighted by Crippen LogP contribution is 2.21. The van der Waals surface area contributed by atoms with Crippen molar-refractivity contribution in [2.24, 2.45) is 4.99 Å². The summed E-state index contributed by atoms with van der Waals surface area (Å²) < 4.78 is 13.0. The molecule has 0 unspecified atom stereocenters. The number of aryl methyl sites for hydroxylation is 1. The average molecular weight is 422 g/mol. The largest absolute Gasteiger partial charge is 0.491 e. The van der Waals surface area contributed by atoms with Crippen molar-refractivity contribution in [1.82, 2.24) is 20.2 Å². The second-order valence-electron chi connectivity index (χ2n) is 7.10. The van der Waals surface area contributed by atoms with Gasteiger partial charge in [-0.05, 0) is 37.1 Å². The van der Waals surface area contributed by atoms with Gasteiger partial charge in [-0.1, -0.05) is 30.3 Å². The maximum Gasteiger partial charge on any atom is 0.191 e. The molecule has 3 aromatic rings. The Labute approximate surface area is 184 Å². The van der Waals surface area contributed by atoms with Crippen LogP contribution in [-0.4, -0.2) is 42.4 Å². The number of benzene rings is 2. The number of methoxy groups -OCH3 is 1. The zero-order valence-corrected chi connectivity index (χ0v) is 18.5. The Bertz CT molecular complexity index is 970. The van der Waals surface area contributed by atoms with Gasteiger partial charge in [-0.15, -0.1) is 0 Å². The number of rotatable bonds is 10. The first-order valence-corrected chi connectivity index (χ1v) is 10.5. The number of para-hydroxylation sites is 1. The van der Waals surface area contributed by atoms with Crippen LogP contribution in [0.3, 0.4) is 0 Å². The quantitative estimate of drug-likeness (QED) is 0.298.